The average molecular weight is 975 g/mol. The number of Topliss-reactive ketones (excluding diaryl/α,β-unsaturated/α-hetero) is 3. The summed E-state index contributed by atoms with van der Waals surface area (Å²) in [6.07, 6.45) is 11.4. The van der Waals surface area contributed by atoms with Crippen LogP contribution in [0.15, 0.2) is 47.6 Å². The van der Waals surface area contributed by atoms with Gasteiger partial charge in [-0.25, -0.2) is 4.79 Å². The Balaban J connectivity index is 1.70. The molecule has 68 heavy (non-hydrogen) atoms. The van der Waals surface area contributed by atoms with Crippen molar-refractivity contribution in [2.75, 3.05) is 34.5 Å². The van der Waals surface area contributed by atoms with Crippen LogP contribution in [0.1, 0.15) is 126 Å². The molecule has 382 valence electrons. The summed E-state index contributed by atoms with van der Waals surface area (Å²) in [6, 6.07) is -1.15. The highest BCUT2D eigenvalue weighted by molar-refractivity contribution is 7.38. The summed E-state index contributed by atoms with van der Waals surface area (Å²) in [6.45, 7) is 14.2. The van der Waals surface area contributed by atoms with E-state index in [1.165, 1.54) is 18.7 Å². The lowest BCUT2D eigenvalue weighted by atomic mass is 9.78. The number of allylic oxidation sites excluding steroid dienone is 6. The molecule has 0 aromatic heterocycles. The summed E-state index contributed by atoms with van der Waals surface area (Å²) >= 11 is 0. The number of piperidine rings is 1. The van der Waals surface area contributed by atoms with Crippen molar-refractivity contribution in [1.29, 1.82) is 0 Å². The number of fused-ring (bicyclic) bond motifs is 3. The molecule has 0 aromatic carbocycles. The molecule has 3 aliphatic heterocycles. The maximum Gasteiger partial charge on any atom is 0.505 e. The summed E-state index contributed by atoms with van der Waals surface area (Å²) in [5.41, 5.74) is 1.25. The number of aliphatic hydroxyl groups is 2. The van der Waals surface area contributed by atoms with E-state index in [4.69, 9.17) is 28.2 Å². The lowest BCUT2D eigenvalue weighted by Crippen LogP contribution is -2.61. The van der Waals surface area contributed by atoms with Gasteiger partial charge in [-0.15, -0.1) is 4.52 Å². The number of methoxy groups -OCH3 is 3. The van der Waals surface area contributed by atoms with Gasteiger partial charge in [0.25, 0.3) is 11.7 Å². The Bertz CT molecular complexity index is 1880. The predicted molar refractivity (Wildman–Crippen MR) is 258 cm³/mol. The van der Waals surface area contributed by atoms with Crippen molar-refractivity contribution >= 4 is 37.3 Å². The van der Waals surface area contributed by atoms with Crippen molar-refractivity contribution in [3.63, 3.8) is 0 Å². The smallest absolute Gasteiger partial charge is 0.460 e. The van der Waals surface area contributed by atoms with Crippen molar-refractivity contribution in [2.24, 2.45) is 35.5 Å². The molecule has 0 spiro atoms. The third-order valence-corrected chi connectivity index (χ3v) is 15.3. The van der Waals surface area contributed by atoms with Crippen molar-refractivity contribution in [2.45, 2.75) is 180 Å². The molecule has 1 aliphatic carbocycles. The topological polar surface area (TPSA) is 201 Å². The third kappa shape index (κ3) is 15.4. The van der Waals surface area contributed by atoms with Crippen LogP contribution in [0.2, 0.25) is 0 Å². The van der Waals surface area contributed by atoms with Crippen LogP contribution in [0.4, 0.5) is 0 Å². The number of ether oxygens (including phenoxy) is 5. The van der Waals surface area contributed by atoms with Crippen LogP contribution < -0.4 is 0 Å². The van der Waals surface area contributed by atoms with Gasteiger partial charge in [0.15, 0.2) is 12.4 Å². The number of hydrogen-bond acceptors (Lipinski definition) is 14. The molecule has 1 unspecified atom stereocenters. The van der Waals surface area contributed by atoms with E-state index in [1.807, 2.05) is 58.1 Å². The van der Waals surface area contributed by atoms with Gasteiger partial charge in [-0.1, -0.05) is 71.1 Å². The minimum atomic E-state index is -2.44. The SMILES string of the molecule is CO[C@H]1C[C@@H]2CC[C@@H](C)[C@@](O)(O2)C(=O)C(=O)N2CCCC[C@H]2C(=O)O[C@H]([C@H](C)C[C@@H]2CC[C@H](O[P+](C)=O)[C@H](OC)C2)CC(=O)[C@H](C)/C=C(\C)[C@@H](O)[C@@H](OC)C(=O)[C@H](C)C[C@H](C)/C=C/C=CC=C1C. The summed E-state index contributed by atoms with van der Waals surface area (Å²) in [4.78, 5) is 72.1. The summed E-state index contributed by atoms with van der Waals surface area (Å²) in [7, 11) is 2.70. The molecule has 3 fully saturated rings. The number of rotatable bonds is 8. The van der Waals surface area contributed by atoms with Gasteiger partial charge in [0, 0.05) is 58.5 Å². The monoisotopic (exact) mass is 975 g/mol. The first-order valence-electron chi connectivity index (χ1n) is 24.7. The molecular formula is C52H81NO14P+. The van der Waals surface area contributed by atoms with Gasteiger partial charge in [0.1, 0.15) is 36.2 Å². The molecule has 16 atom stereocenters. The molecule has 0 radical (unpaired) electrons. The second-order valence-electron chi connectivity index (χ2n) is 20.1. The van der Waals surface area contributed by atoms with Crippen molar-refractivity contribution in [1.82, 2.24) is 4.90 Å². The third-order valence-electron chi connectivity index (χ3n) is 14.7. The van der Waals surface area contributed by atoms with E-state index in [0.717, 1.165) is 12.0 Å². The summed E-state index contributed by atoms with van der Waals surface area (Å²) in [5, 5.41) is 23.4. The fourth-order valence-electron chi connectivity index (χ4n) is 10.4. The Morgan fingerprint density at radius 3 is 2.25 bits per heavy atom. The first-order chi connectivity index (χ1) is 32.1. The minimum Gasteiger partial charge on any atom is -0.460 e. The molecule has 16 heteroatoms. The highest BCUT2D eigenvalue weighted by atomic mass is 31.1. The Morgan fingerprint density at radius 1 is 0.868 bits per heavy atom. The van der Waals surface area contributed by atoms with E-state index in [2.05, 4.69) is 0 Å². The van der Waals surface area contributed by atoms with Gasteiger partial charge in [-0.05, 0) is 112 Å². The van der Waals surface area contributed by atoms with E-state index in [0.29, 0.717) is 63.4 Å². The van der Waals surface area contributed by atoms with Crippen molar-refractivity contribution < 1.29 is 67.0 Å². The zero-order chi connectivity index (χ0) is 50.5. The minimum absolute atomic E-state index is 0.0125. The fourth-order valence-corrected chi connectivity index (χ4v) is 11.0. The molecule has 0 aromatic rings. The fraction of sp³-hybridized carbons (Fsp3) is 0.750. The first-order valence-corrected chi connectivity index (χ1v) is 26.3. The van der Waals surface area contributed by atoms with Crippen molar-refractivity contribution in [3.8, 4) is 0 Å². The van der Waals surface area contributed by atoms with Crippen molar-refractivity contribution in [3.05, 3.63) is 47.6 Å². The zero-order valence-corrected chi connectivity index (χ0v) is 43.3. The molecule has 15 nitrogen and oxygen atoms in total. The molecule has 4 aliphatic rings. The molecule has 3 heterocycles. The van der Waals surface area contributed by atoms with Crippen LogP contribution in [0.5, 0.6) is 0 Å². The van der Waals surface area contributed by atoms with Gasteiger partial charge in [0.05, 0.1) is 18.3 Å². The zero-order valence-electron chi connectivity index (χ0n) is 42.4. The highest BCUT2D eigenvalue weighted by Gasteiger charge is 2.53. The van der Waals surface area contributed by atoms with Crippen LogP contribution in [-0.4, -0.2) is 133 Å². The highest BCUT2D eigenvalue weighted by Crippen LogP contribution is 2.39. The number of carbonyl (C=O) groups is 5. The first kappa shape index (κ1) is 57.3. The molecule has 4 rings (SSSR count). The van der Waals surface area contributed by atoms with Crippen LogP contribution in [0, 0.1) is 35.5 Å². The second kappa shape index (κ2) is 26.8. The number of carbonyl (C=O) groups excluding carboxylic acids is 5. The molecular weight excluding hydrogens is 894 g/mol. The number of ketones is 3. The van der Waals surface area contributed by atoms with E-state index in [1.54, 1.807) is 41.1 Å². The van der Waals surface area contributed by atoms with Gasteiger partial charge in [-0.2, -0.15) is 0 Å². The second-order valence-corrected chi connectivity index (χ2v) is 21.2. The number of esters is 1. The van der Waals surface area contributed by atoms with Gasteiger partial charge in [-0.3, -0.25) is 19.2 Å². The lowest BCUT2D eigenvalue weighted by molar-refractivity contribution is -0.265. The maximum atomic E-state index is 14.5. The standard InChI is InChI=1S/C52H81NO14P/c1-31-17-13-12-14-18-32(2)43(62-8)29-39-22-20-37(7)52(60,66-39)49(57)50(58)53-24-16-15-19-40(53)51(59)65-44(34(4)27-38-21-23-42(67-68(11)61)45(28-38)63-9)30-41(54)33(3)26-36(6)47(56)48(64-10)46(55)35(5)25-31/h12-14,17-18,26,31,33-35,37-40,42-45,47-48,56,60H,15-16,19-25,27-30H2,1-11H3/q+1/b14-12?,17-13+,32-18?,36-26+/t31-,33-,34-,35-,37-,38+,39+,40+,42+,43+,44+,45-,47-,48+,52-/m1/s1. The van der Waals surface area contributed by atoms with E-state index in [9.17, 15) is 38.8 Å². The average Bonchev–Trinajstić information content (AvgIpc) is 3.30. The normalized spacial score (nSPS) is 38.1. The van der Waals surface area contributed by atoms with Gasteiger partial charge < -0.3 is 38.8 Å². The van der Waals surface area contributed by atoms with Crippen LogP contribution in [-0.2, 0) is 56.7 Å². The molecule has 2 bridgehead atoms. The number of amides is 1. The van der Waals surface area contributed by atoms with Crippen LogP contribution in [0.3, 0.4) is 0 Å². The lowest BCUT2D eigenvalue weighted by Gasteiger charge is -2.42. The number of aliphatic hydroxyl groups excluding tert-OH is 1. The predicted octanol–water partition coefficient (Wildman–Crippen LogP) is 7.58. The quantitative estimate of drug-likeness (QED) is 0.104. The molecule has 2 N–H and O–H groups in total. The number of cyclic esters (lactones) is 1. The maximum absolute atomic E-state index is 14.5. The summed E-state index contributed by atoms with van der Waals surface area (Å²) in [5.74, 6) is -8.09. The van der Waals surface area contributed by atoms with E-state index >= 15 is 0 Å². The van der Waals surface area contributed by atoms with Crippen LogP contribution in [0.25, 0.3) is 0 Å². The summed E-state index contributed by atoms with van der Waals surface area (Å²) < 4.78 is 47.3. The van der Waals surface area contributed by atoms with E-state index in [-0.39, 0.29) is 60.9 Å². The van der Waals surface area contributed by atoms with E-state index < -0.39 is 85.8 Å². The Hall–Kier alpha value is -3.27. The number of nitrogens with zero attached hydrogens (tertiary/aromatic N) is 1. The van der Waals surface area contributed by atoms with Gasteiger partial charge in [0.2, 0.25) is 5.79 Å². The Kier molecular flexibility index (Phi) is 22.6. The molecule has 1 amide bonds. The molecule has 2 saturated heterocycles. The van der Waals surface area contributed by atoms with Gasteiger partial charge >= 0.3 is 14.0 Å². The molecule has 1 saturated carbocycles. The Morgan fingerprint density at radius 2 is 1.59 bits per heavy atom. The Labute approximate surface area is 405 Å². The van der Waals surface area contributed by atoms with Crippen LogP contribution >= 0.6 is 8.03 Å². The number of hydrogen-bond donors (Lipinski definition) is 2. The largest absolute Gasteiger partial charge is 0.505 e.